The number of ether oxygens (including phenoxy) is 1. The van der Waals surface area contributed by atoms with E-state index in [1.165, 1.54) is 36.3 Å². The Labute approximate surface area is 132 Å². The molecule has 3 rings (SSSR count). The summed E-state index contributed by atoms with van der Waals surface area (Å²) >= 11 is 2.07. The van der Waals surface area contributed by atoms with Crippen molar-refractivity contribution in [2.24, 2.45) is 13.0 Å². The van der Waals surface area contributed by atoms with Crippen LogP contribution in [0.1, 0.15) is 43.0 Å². The van der Waals surface area contributed by atoms with Gasteiger partial charge >= 0.3 is 0 Å². The van der Waals surface area contributed by atoms with Crippen molar-refractivity contribution in [1.82, 2.24) is 15.1 Å². The molecule has 0 radical (unpaired) electrons. The molecule has 0 bridgehead atoms. The van der Waals surface area contributed by atoms with Crippen molar-refractivity contribution >= 4 is 11.8 Å². The van der Waals surface area contributed by atoms with Crippen LogP contribution in [0.2, 0.25) is 0 Å². The van der Waals surface area contributed by atoms with Crippen LogP contribution >= 0.6 is 11.8 Å². The van der Waals surface area contributed by atoms with Crippen LogP contribution in [0, 0.1) is 12.8 Å². The fourth-order valence-electron chi connectivity index (χ4n) is 4.01. The normalized spacial score (nSPS) is 26.9. The van der Waals surface area contributed by atoms with Crippen LogP contribution in [0.4, 0.5) is 0 Å². The maximum Gasteiger partial charge on any atom is 0.0701 e. The van der Waals surface area contributed by atoms with Crippen LogP contribution in [0.15, 0.2) is 6.20 Å². The molecule has 1 aromatic heterocycles. The molecule has 0 aromatic carbocycles. The second kappa shape index (κ2) is 6.31. The van der Waals surface area contributed by atoms with Gasteiger partial charge in [-0.15, -0.1) is 0 Å². The van der Waals surface area contributed by atoms with Gasteiger partial charge in [0, 0.05) is 31.5 Å². The Kier molecular flexibility index (Phi) is 4.62. The van der Waals surface area contributed by atoms with Crippen molar-refractivity contribution in [3.8, 4) is 0 Å². The molecule has 2 aliphatic heterocycles. The highest BCUT2D eigenvalue weighted by Crippen LogP contribution is 2.43. The Morgan fingerprint density at radius 1 is 1.48 bits per heavy atom. The average Bonchev–Trinajstić information content (AvgIpc) is 2.80. The van der Waals surface area contributed by atoms with Crippen molar-refractivity contribution in [1.29, 1.82) is 0 Å². The summed E-state index contributed by atoms with van der Waals surface area (Å²) in [5, 5.41) is 8.07. The standard InChI is InChI=1S/C16H27N3OS/c1-12-14(11-19(3)18-12)15(17-2)13-4-7-20-16(10-13)5-8-21-9-6-16/h11,13,15,17H,4-10H2,1-3H3. The lowest BCUT2D eigenvalue weighted by Crippen LogP contribution is -2.45. The van der Waals surface area contributed by atoms with Gasteiger partial charge in [-0.25, -0.2) is 0 Å². The topological polar surface area (TPSA) is 39.1 Å². The fourth-order valence-corrected chi connectivity index (χ4v) is 5.25. The maximum atomic E-state index is 6.24. The van der Waals surface area contributed by atoms with Gasteiger partial charge in [-0.05, 0) is 57.1 Å². The summed E-state index contributed by atoms with van der Waals surface area (Å²) in [5.74, 6) is 3.15. The summed E-state index contributed by atoms with van der Waals surface area (Å²) in [7, 11) is 4.09. The van der Waals surface area contributed by atoms with E-state index in [1.807, 2.05) is 11.7 Å². The quantitative estimate of drug-likeness (QED) is 0.932. The van der Waals surface area contributed by atoms with E-state index in [0.29, 0.717) is 12.0 Å². The van der Waals surface area contributed by atoms with Crippen LogP contribution < -0.4 is 5.32 Å². The van der Waals surface area contributed by atoms with Crippen molar-refractivity contribution in [3.63, 3.8) is 0 Å². The first-order chi connectivity index (χ1) is 10.1. The van der Waals surface area contributed by atoms with Crippen LogP contribution in [0.3, 0.4) is 0 Å². The maximum absolute atomic E-state index is 6.24. The van der Waals surface area contributed by atoms with Gasteiger partial charge in [-0.3, -0.25) is 4.68 Å². The monoisotopic (exact) mass is 309 g/mol. The molecule has 5 heteroatoms. The van der Waals surface area contributed by atoms with E-state index >= 15 is 0 Å². The molecule has 2 saturated heterocycles. The second-order valence-corrected chi connectivity index (χ2v) is 7.73. The zero-order valence-corrected chi connectivity index (χ0v) is 14.2. The van der Waals surface area contributed by atoms with Gasteiger partial charge in [-0.1, -0.05) is 0 Å². The molecule has 118 valence electrons. The number of hydrogen-bond donors (Lipinski definition) is 1. The van der Waals surface area contributed by atoms with Crippen molar-refractivity contribution in [2.45, 2.75) is 44.2 Å². The summed E-state index contributed by atoms with van der Waals surface area (Å²) < 4.78 is 8.17. The molecular weight excluding hydrogens is 282 g/mol. The zero-order chi connectivity index (χ0) is 14.9. The van der Waals surface area contributed by atoms with E-state index in [-0.39, 0.29) is 5.60 Å². The van der Waals surface area contributed by atoms with Gasteiger partial charge in [0.05, 0.1) is 11.3 Å². The molecule has 2 aliphatic rings. The predicted molar refractivity (Wildman–Crippen MR) is 87.7 cm³/mol. The molecule has 1 N–H and O–H groups in total. The molecule has 2 fully saturated rings. The number of aryl methyl sites for hydroxylation is 2. The first kappa shape index (κ1) is 15.4. The number of nitrogens with one attached hydrogen (secondary N) is 1. The molecule has 3 heterocycles. The van der Waals surface area contributed by atoms with Gasteiger partial charge in [-0.2, -0.15) is 16.9 Å². The Hall–Kier alpha value is -0.520. The number of rotatable bonds is 3. The summed E-state index contributed by atoms with van der Waals surface area (Å²) in [6, 6.07) is 0.397. The van der Waals surface area contributed by atoms with E-state index in [1.54, 1.807) is 0 Å². The highest BCUT2D eigenvalue weighted by molar-refractivity contribution is 7.99. The zero-order valence-electron chi connectivity index (χ0n) is 13.4. The van der Waals surface area contributed by atoms with Crippen LogP contribution in [-0.2, 0) is 11.8 Å². The molecule has 21 heavy (non-hydrogen) atoms. The second-order valence-electron chi connectivity index (χ2n) is 6.51. The molecular formula is C16H27N3OS. The SMILES string of the molecule is CNC(c1cn(C)nc1C)C1CCOC2(CCSCC2)C1. The number of nitrogens with zero attached hydrogens (tertiary/aromatic N) is 2. The van der Waals surface area contributed by atoms with Gasteiger partial charge in [0.25, 0.3) is 0 Å². The van der Waals surface area contributed by atoms with Crippen LogP contribution in [0.25, 0.3) is 0 Å². The molecule has 0 amide bonds. The minimum atomic E-state index is 0.152. The molecule has 0 saturated carbocycles. The van der Waals surface area contributed by atoms with Gasteiger partial charge < -0.3 is 10.1 Å². The van der Waals surface area contributed by atoms with E-state index in [2.05, 4.69) is 42.3 Å². The number of aromatic nitrogens is 2. The van der Waals surface area contributed by atoms with Gasteiger partial charge in [0.1, 0.15) is 0 Å². The first-order valence-corrected chi connectivity index (χ1v) is 9.18. The highest BCUT2D eigenvalue weighted by atomic mass is 32.2. The third-order valence-electron chi connectivity index (χ3n) is 5.10. The Morgan fingerprint density at radius 3 is 2.86 bits per heavy atom. The van der Waals surface area contributed by atoms with E-state index < -0.39 is 0 Å². The highest BCUT2D eigenvalue weighted by Gasteiger charge is 2.41. The lowest BCUT2D eigenvalue weighted by molar-refractivity contribution is -0.107. The molecule has 4 nitrogen and oxygen atoms in total. The van der Waals surface area contributed by atoms with Crippen molar-refractivity contribution < 1.29 is 4.74 Å². The van der Waals surface area contributed by atoms with Gasteiger partial charge in [0.2, 0.25) is 0 Å². The predicted octanol–water partition coefficient (Wildman–Crippen LogP) is 2.68. The Balaban J connectivity index is 1.78. The third kappa shape index (κ3) is 3.15. The third-order valence-corrected chi connectivity index (χ3v) is 6.09. The minimum Gasteiger partial charge on any atom is -0.375 e. The van der Waals surface area contributed by atoms with Crippen molar-refractivity contribution in [3.05, 3.63) is 17.5 Å². The van der Waals surface area contributed by atoms with E-state index in [0.717, 1.165) is 18.7 Å². The first-order valence-electron chi connectivity index (χ1n) is 8.03. The number of hydrogen-bond acceptors (Lipinski definition) is 4. The smallest absolute Gasteiger partial charge is 0.0701 e. The molecule has 1 spiro atoms. The summed E-state index contributed by atoms with van der Waals surface area (Å²) in [6.45, 7) is 3.03. The van der Waals surface area contributed by atoms with Crippen LogP contribution in [0.5, 0.6) is 0 Å². The van der Waals surface area contributed by atoms with Crippen LogP contribution in [-0.4, -0.2) is 40.5 Å². The lowest BCUT2D eigenvalue weighted by Gasteiger charge is -2.45. The Bertz CT molecular complexity index is 476. The summed E-state index contributed by atoms with van der Waals surface area (Å²) in [6.07, 6.45) is 6.95. The molecule has 1 aromatic rings. The molecule has 2 unspecified atom stereocenters. The largest absolute Gasteiger partial charge is 0.375 e. The summed E-state index contributed by atoms with van der Waals surface area (Å²) in [5.41, 5.74) is 2.66. The summed E-state index contributed by atoms with van der Waals surface area (Å²) in [4.78, 5) is 0. The Morgan fingerprint density at radius 2 is 2.24 bits per heavy atom. The van der Waals surface area contributed by atoms with E-state index in [9.17, 15) is 0 Å². The number of thioether (sulfide) groups is 1. The van der Waals surface area contributed by atoms with Crippen molar-refractivity contribution in [2.75, 3.05) is 25.2 Å². The van der Waals surface area contributed by atoms with E-state index in [4.69, 9.17) is 4.74 Å². The fraction of sp³-hybridized carbons (Fsp3) is 0.812. The average molecular weight is 309 g/mol. The van der Waals surface area contributed by atoms with Gasteiger partial charge in [0.15, 0.2) is 0 Å². The lowest BCUT2D eigenvalue weighted by atomic mass is 9.77. The minimum absolute atomic E-state index is 0.152. The molecule has 2 atom stereocenters. The molecule has 0 aliphatic carbocycles.